The van der Waals surface area contributed by atoms with Crippen LogP contribution in [0.25, 0.3) is 0 Å². The van der Waals surface area contributed by atoms with Gasteiger partial charge in [0, 0.05) is 6.54 Å². The van der Waals surface area contributed by atoms with Crippen LogP contribution in [0.3, 0.4) is 0 Å². The van der Waals surface area contributed by atoms with E-state index in [2.05, 4.69) is 5.32 Å². The molecule has 0 atom stereocenters. The highest BCUT2D eigenvalue weighted by Gasteiger charge is 2.44. The van der Waals surface area contributed by atoms with E-state index in [9.17, 15) is 19.1 Å². The van der Waals surface area contributed by atoms with Crippen molar-refractivity contribution in [3.8, 4) is 5.75 Å². The number of halogens is 1. The number of benzene rings is 1. The van der Waals surface area contributed by atoms with Crippen molar-refractivity contribution in [2.24, 2.45) is 5.41 Å². The molecule has 108 valence electrons. The zero-order valence-electron chi connectivity index (χ0n) is 11.1. The maximum absolute atomic E-state index is 13.7. The minimum Gasteiger partial charge on any atom is -0.496 e. The number of nitrogens with one attached hydrogen (secondary N) is 1. The van der Waals surface area contributed by atoms with Gasteiger partial charge >= 0.3 is 5.97 Å². The van der Waals surface area contributed by atoms with Crippen molar-refractivity contribution in [2.45, 2.75) is 19.3 Å². The first-order valence-electron chi connectivity index (χ1n) is 6.34. The van der Waals surface area contributed by atoms with E-state index in [4.69, 9.17) is 4.74 Å². The molecule has 0 heterocycles. The molecule has 1 amide bonds. The van der Waals surface area contributed by atoms with Crippen LogP contribution in [-0.2, 0) is 4.79 Å². The van der Waals surface area contributed by atoms with Gasteiger partial charge < -0.3 is 15.2 Å². The number of aliphatic carboxylic acids is 1. The first-order chi connectivity index (χ1) is 9.50. The Kier molecular flexibility index (Phi) is 3.92. The Balaban J connectivity index is 2.11. The first-order valence-corrected chi connectivity index (χ1v) is 6.34. The van der Waals surface area contributed by atoms with Crippen LogP contribution < -0.4 is 10.1 Å². The van der Waals surface area contributed by atoms with Crippen LogP contribution in [-0.4, -0.2) is 30.6 Å². The number of amides is 1. The Bertz CT molecular complexity index is 540. The van der Waals surface area contributed by atoms with Crippen LogP contribution in [0, 0.1) is 11.2 Å². The molecule has 2 rings (SSSR count). The van der Waals surface area contributed by atoms with Crippen molar-refractivity contribution in [3.63, 3.8) is 0 Å². The van der Waals surface area contributed by atoms with E-state index in [1.54, 1.807) is 0 Å². The van der Waals surface area contributed by atoms with Crippen LogP contribution in [0.4, 0.5) is 4.39 Å². The number of hydrogen-bond donors (Lipinski definition) is 2. The van der Waals surface area contributed by atoms with E-state index in [1.807, 2.05) is 0 Å². The van der Waals surface area contributed by atoms with E-state index >= 15 is 0 Å². The summed E-state index contributed by atoms with van der Waals surface area (Å²) in [5.74, 6) is -2.16. The largest absolute Gasteiger partial charge is 0.496 e. The van der Waals surface area contributed by atoms with Gasteiger partial charge in [-0.25, -0.2) is 4.39 Å². The van der Waals surface area contributed by atoms with Crippen LogP contribution in [0.2, 0.25) is 0 Å². The third-order valence-electron chi connectivity index (χ3n) is 3.77. The first kappa shape index (κ1) is 14.3. The van der Waals surface area contributed by atoms with Crippen LogP contribution in [0.5, 0.6) is 5.75 Å². The lowest BCUT2D eigenvalue weighted by Crippen LogP contribution is -2.47. The second-order valence-corrected chi connectivity index (χ2v) is 4.94. The van der Waals surface area contributed by atoms with Gasteiger partial charge in [0.05, 0.1) is 12.5 Å². The lowest BCUT2D eigenvalue weighted by molar-refractivity contribution is -0.153. The van der Waals surface area contributed by atoms with Gasteiger partial charge in [-0.2, -0.15) is 0 Å². The molecular formula is C14H16FNO4. The smallest absolute Gasteiger partial charge is 0.311 e. The number of carboxylic acid groups (broad SMARTS) is 1. The Morgan fingerprint density at radius 2 is 2.15 bits per heavy atom. The third-order valence-corrected chi connectivity index (χ3v) is 3.77. The fourth-order valence-electron chi connectivity index (χ4n) is 2.30. The van der Waals surface area contributed by atoms with Gasteiger partial charge in [-0.3, -0.25) is 9.59 Å². The Morgan fingerprint density at radius 3 is 2.65 bits per heavy atom. The SMILES string of the molecule is COc1cccc(F)c1C(=O)NCC1(C(=O)O)CCC1. The van der Waals surface area contributed by atoms with Crippen molar-refractivity contribution in [1.82, 2.24) is 5.32 Å². The number of carboxylic acids is 1. The topological polar surface area (TPSA) is 75.6 Å². The van der Waals surface area contributed by atoms with E-state index < -0.39 is 23.1 Å². The molecule has 0 saturated heterocycles. The van der Waals surface area contributed by atoms with Crippen molar-refractivity contribution in [2.75, 3.05) is 13.7 Å². The molecule has 1 saturated carbocycles. The van der Waals surface area contributed by atoms with E-state index in [0.717, 1.165) is 12.5 Å². The number of methoxy groups -OCH3 is 1. The lowest BCUT2D eigenvalue weighted by atomic mass is 9.69. The zero-order valence-corrected chi connectivity index (χ0v) is 11.1. The van der Waals surface area contributed by atoms with Crippen molar-refractivity contribution >= 4 is 11.9 Å². The predicted octanol–water partition coefficient (Wildman–Crippen LogP) is 1.82. The molecule has 1 aliphatic rings. The van der Waals surface area contributed by atoms with Crippen LogP contribution in [0.1, 0.15) is 29.6 Å². The molecule has 0 unspecified atom stereocenters. The number of rotatable bonds is 5. The molecule has 1 aromatic rings. The third kappa shape index (κ3) is 2.45. The molecule has 20 heavy (non-hydrogen) atoms. The molecule has 0 radical (unpaired) electrons. The summed E-state index contributed by atoms with van der Waals surface area (Å²) in [5.41, 5.74) is -1.11. The van der Waals surface area contributed by atoms with Crippen molar-refractivity contribution < 1.29 is 23.8 Å². The van der Waals surface area contributed by atoms with Gasteiger partial charge in [0.15, 0.2) is 0 Å². The summed E-state index contributed by atoms with van der Waals surface area (Å²) in [6, 6.07) is 4.08. The summed E-state index contributed by atoms with van der Waals surface area (Å²) in [5, 5.41) is 11.7. The number of hydrogen-bond acceptors (Lipinski definition) is 3. The van der Waals surface area contributed by atoms with E-state index in [1.165, 1.54) is 19.2 Å². The second kappa shape index (κ2) is 5.48. The standard InChI is InChI=1S/C14H16FNO4/c1-20-10-5-2-4-9(15)11(10)12(17)16-8-14(13(18)19)6-3-7-14/h2,4-5H,3,6-8H2,1H3,(H,16,17)(H,18,19). The number of carbonyl (C=O) groups excluding carboxylic acids is 1. The summed E-state index contributed by atoms with van der Waals surface area (Å²) >= 11 is 0. The summed E-state index contributed by atoms with van der Waals surface area (Å²) < 4.78 is 18.7. The van der Waals surface area contributed by atoms with Gasteiger partial charge in [0.2, 0.25) is 0 Å². The second-order valence-electron chi connectivity index (χ2n) is 4.94. The van der Waals surface area contributed by atoms with Gasteiger partial charge in [-0.15, -0.1) is 0 Å². The highest BCUT2D eigenvalue weighted by atomic mass is 19.1. The number of carbonyl (C=O) groups is 2. The Morgan fingerprint density at radius 1 is 1.45 bits per heavy atom. The molecule has 0 aromatic heterocycles. The summed E-state index contributed by atoms with van der Waals surface area (Å²) in [7, 11) is 1.34. The number of ether oxygens (including phenoxy) is 1. The molecule has 0 bridgehead atoms. The Hall–Kier alpha value is -2.11. The highest BCUT2D eigenvalue weighted by molar-refractivity contribution is 5.97. The fraction of sp³-hybridized carbons (Fsp3) is 0.429. The van der Waals surface area contributed by atoms with Gasteiger partial charge in [0.25, 0.3) is 5.91 Å². The van der Waals surface area contributed by atoms with Gasteiger partial charge in [0.1, 0.15) is 17.1 Å². The van der Waals surface area contributed by atoms with Crippen molar-refractivity contribution in [3.05, 3.63) is 29.6 Å². The monoisotopic (exact) mass is 281 g/mol. The van der Waals surface area contributed by atoms with Crippen molar-refractivity contribution in [1.29, 1.82) is 0 Å². The zero-order chi connectivity index (χ0) is 14.8. The Labute approximate surface area is 115 Å². The highest BCUT2D eigenvalue weighted by Crippen LogP contribution is 2.40. The van der Waals surface area contributed by atoms with Crippen LogP contribution >= 0.6 is 0 Å². The maximum Gasteiger partial charge on any atom is 0.311 e. The molecule has 1 aliphatic carbocycles. The lowest BCUT2D eigenvalue weighted by Gasteiger charge is -2.37. The fourth-order valence-corrected chi connectivity index (χ4v) is 2.30. The molecule has 0 spiro atoms. The molecule has 2 N–H and O–H groups in total. The van der Waals surface area contributed by atoms with Gasteiger partial charge in [-0.05, 0) is 25.0 Å². The van der Waals surface area contributed by atoms with Crippen LogP contribution in [0.15, 0.2) is 18.2 Å². The molecule has 5 nitrogen and oxygen atoms in total. The minimum atomic E-state index is -0.926. The quantitative estimate of drug-likeness (QED) is 0.863. The minimum absolute atomic E-state index is 0.00133. The average Bonchev–Trinajstić information content (AvgIpc) is 2.36. The summed E-state index contributed by atoms with van der Waals surface area (Å²) in [4.78, 5) is 23.2. The predicted molar refractivity (Wildman–Crippen MR) is 69.2 cm³/mol. The summed E-state index contributed by atoms with van der Waals surface area (Å²) in [6.45, 7) is -0.00133. The van der Waals surface area contributed by atoms with E-state index in [0.29, 0.717) is 12.8 Å². The molecule has 0 aliphatic heterocycles. The average molecular weight is 281 g/mol. The molecule has 1 fully saturated rings. The normalized spacial score (nSPS) is 16.1. The summed E-state index contributed by atoms with van der Waals surface area (Å²) in [6.07, 6.45) is 1.87. The molecular weight excluding hydrogens is 265 g/mol. The van der Waals surface area contributed by atoms with Gasteiger partial charge in [-0.1, -0.05) is 12.5 Å². The van der Waals surface area contributed by atoms with E-state index in [-0.39, 0.29) is 17.9 Å². The molecule has 6 heteroatoms. The maximum atomic E-state index is 13.7. The molecule has 1 aromatic carbocycles.